The molecule has 0 aliphatic rings. The fourth-order valence-electron chi connectivity index (χ4n) is 2.94. The molecule has 0 fully saturated rings. The van der Waals surface area contributed by atoms with Gasteiger partial charge in [-0.25, -0.2) is 9.97 Å². The van der Waals surface area contributed by atoms with Gasteiger partial charge >= 0.3 is 0 Å². The summed E-state index contributed by atoms with van der Waals surface area (Å²) >= 11 is 1.30. The van der Waals surface area contributed by atoms with E-state index in [-0.39, 0.29) is 18.0 Å². The Labute approximate surface area is 159 Å². The van der Waals surface area contributed by atoms with Crippen LogP contribution in [0.1, 0.15) is 0 Å². The molecule has 1 aromatic carbocycles. The van der Waals surface area contributed by atoms with Crippen LogP contribution in [0.2, 0.25) is 0 Å². The van der Waals surface area contributed by atoms with E-state index in [2.05, 4.69) is 16.5 Å². The van der Waals surface area contributed by atoms with Crippen molar-refractivity contribution >= 4 is 43.4 Å². The van der Waals surface area contributed by atoms with E-state index in [0.29, 0.717) is 16.8 Å². The van der Waals surface area contributed by atoms with Crippen molar-refractivity contribution in [1.29, 1.82) is 0 Å². The van der Waals surface area contributed by atoms with Gasteiger partial charge in [0.2, 0.25) is 5.91 Å². The molecule has 0 aliphatic heterocycles. The molecule has 134 valence electrons. The monoisotopic (exact) mass is 376 g/mol. The number of para-hydroxylation sites is 1. The molecule has 0 bridgehead atoms. The summed E-state index contributed by atoms with van der Waals surface area (Å²) in [6.45, 7) is 3.99. The first-order valence-corrected chi connectivity index (χ1v) is 9.19. The van der Waals surface area contributed by atoms with Crippen molar-refractivity contribution < 1.29 is 4.79 Å². The first-order valence-electron chi connectivity index (χ1n) is 8.38. The summed E-state index contributed by atoms with van der Waals surface area (Å²) in [7, 11) is 0. The summed E-state index contributed by atoms with van der Waals surface area (Å²) < 4.78 is 1.85. The van der Waals surface area contributed by atoms with Gasteiger partial charge in [-0.05, 0) is 24.3 Å². The van der Waals surface area contributed by atoms with Gasteiger partial charge < -0.3 is 4.90 Å². The summed E-state index contributed by atoms with van der Waals surface area (Å²) in [6, 6.07) is 13.0. The lowest BCUT2D eigenvalue weighted by Crippen LogP contribution is -2.36. The molecule has 0 saturated heterocycles. The van der Waals surface area contributed by atoms with E-state index in [9.17, 15) is 9.59 Å². The molecule has 6 nitrogen and oxygen atoms in total. The van der Waals surface area contributed by atoms with Crippen LogP contribution in [-0.4, -0.2) is 27.0 Å². The quantitative estimate of drug-likeness (QED) is 0.502. The molecule has 0 spiro atoms. The third-order valence-electron chi connectivity index (χ3n) is 4.21. The molecule has 4 rings (SSSR count). The maximum absolute atomic E-state index is 12.9. The second kappa shape index (κ2) is 7.13. The Hall–Kier alpha value is -3.32. The van der Waals surface area contributed by atoms with Crippen molar-refractivity contribution in [2.24, 2.45) is 0 Å². The lowest BCUT2D eigenvalue weighted by molar-refractivity contribution is -0.119. The van der Waals surface area contributed by atoms with Gasteiger partial charge in [0.05, 0.1) is 11.8 Å². The molecule has 4 aromatic rings. The number of fused-ring (bicyclic) bond motifs is 3. The van der Waals surface area contributed by atoms with Crippen LogP contribution in [0, 0.1) is 0 Å². The minimum atomic E-state index is -0.233. The van der Waals surface area contributed by atoms with E-state index in [1.807, 2.05) is 42.5 Å². The fourth-order valence-corrected chi connectivity index (χ4v) is 3.98. The van der Waals surface area contributed by atoms with E-state index in [1.165, 1.54) is 22.2 Å². The Kier molecular flexibility index (Phi) is 4.52. The predicted molar refractivity (Wildman–Crippen MR) is 108 cm³/mol. The molecule has 0 saturated carbocycles. The number of thiophene rings is 1. The zero-order valence-corrected chi connectivity index (χ0v) is 15.2. The van der Waals surface area contributed by atoms with Crippen LogP contribution in [0.15, 0.2) is 72.4 Å². The molecule has 0 aliphatic carbocycles. The van der Waals surface area contributed by atoms with Crippen LogP contribution in [-0.2, 0) is 11.3 Å². The summed E-state index contributed by atoms with van der Waals surface area (Å²) in [4.78, 5) is 36.8. The summed E-state index contributed by atoms with van der Waals surface area (Å²) in [5.41, 5.74) is 1.15. The minimum Gasteiger partial charge on any atom is -0.307 e. The first kappa shape index (κ1) is 17.1. The van der Waals surface area contributed by atoms with Crippen molar-refractivity contribution in [3.8, 4) is 0 Å². The van der Waals surface area contributed by atoms with Gasteiger partial charge in [-0.3, -0.25) is 14.2 Å². The van der Waals surface area contributed by atoms with Crippen LogP contribution in [0.5, 0.6) is 0 Å². The summed E-state index contributed by atoms with van der Waals surface area (Å²) in [5.74, 6) is -0.205. The fraction of sp³-hybridized carbons (Fsp3) is 0.100. The average Bonchev–Trinajstić information content (AvgIpc) is 3.08. The second-order valence-corrected chi connectivity index (χ2v) is 6.94. The van der Waals surface area contributed by atoms with Crippen molar-refractivity contribution in [1.82, 2.24) is 14.5 Å². The number of anilines is 1. The Morgan fingerprint density at radius 3 is 2.78 bits per heavy atom. The zero-order chi connectivity index (χ0) is 18.8. The third kappa shape index (κ3) is 3.13. The normalized spacial score (nSPS) is 11.0. The number of carbonyl (C=O) groups excluding carboxylic acids is 1. The average molecular weight is 376 g/mol. The van der Waals surface area contributed by atoms with Gasteiger partial charge in [0.25, 0.3) is 5.56 Å². The molecule has 0 unspecified atom stereocenters. The maximum atomic E-state index is 12.9. The molecule has 7 heteroatoms. The van der Waals surface area contributed by atoms with Crippen LogP contribution >= 0.6 is 11.3 Å². The third-order valence-corrected chi connectivity index (χ3v) is 5.30. The minimum absolute atomic E-state index is 0.0911. The smallest absolute Gasteiger partial charge is 0.271 e. The van der Waals surface area contributed by atoms with Crippen LogP contribution in [0.25, 0.3) is 20.4 Å². The van der Waals surface area contributed by atoms with Crippen LogP contribution in [0.3, 0.4) is 0 Å². The van der Waals surface area contributed by atoms with Crippen molar-refractivity contribution in [3.63, 3.8) is 0 Å². The van der Waals surface area contributed by atoms with Gasteiger partial charge in [0.15, 0.2) is 0 Å². The van der Waals surface area contributed by atoms with E-state index in [0.717, 1.165) is 15.9 Å². The lowest BCUT2D eigenvalue weighted by atomic mass is 10.2. The van der Waals surface area contributed by atoms with E-state index < -0.39 is 0 Å². The van der Waals surface area contributed by atoms with Crippen LogP contribution in [0.4, 0.5) is 5.69 Å². The highest BCUT2D eigenvalue weighted by Gasteiger charge is 2.18. The van der Waals surface area contributed by atoms with E-state index in [1.54, 1.807) is 17.2 Å². The number of carbonyl (C=O) groups is 1. The number of benzene rings is 1. The molecule has 0 atom stereocenters. The molecule has 1 amide bonds. The molecular weight excluding hydrogens is 360 g/mol. The molecule has 3 heterocycles. The van der Waals surface area contributed by atoms with E-state index in [4.69, 9.17) is 0 Å². The topological polar surface area (TPSA) is 68.1 Å². The van der Waals surface area contributed by atoms with Gasteiger partial charge in [-0.1, -0.05) is 24.3 Å². The lowest BCUT2D eigenvalue weighted by Gasteiger charge is -2.21. The highest BCUT2D eigenvalue weighted by atomic mass is 32.1. The second-order valence-electron chi connectivity index (χ2n) is 5.94. The van der Waals surface area contributed by atoms with Crippen LogP contribution < -0.4 is 10.5 Å². The molecule has 27 heavy (non-hydrogen) atoms. The van der Waals surface area contributed by atoms with E-state index >= 15 is 0 Å². The van der Waals surface area contributed by atoms with Gasteiger partial charge in [0.1, 0.15) is 16.1 Å². The molecule has 0 radical (unpaired) electrons. The Balaban J connectivity index is 1.71. The predicted octanol–water partition coefficient (Wildman–Crippen LogP) is 3.23. The highest BCUT2D eigenvalue weighted by Crippen LogP contribution is 2.28. The Morgan fingerprint density at radius 1 is 1.19 bits per heavy atom. The Bertz CT molecular complexity index is 1200. The highest BCUT2D eigenvalue weighted by molar-refractivity contribution is 7.25. The summed E-state index contributed by atoms with van der Waals surface area (Å²) in [5, 5.41) is 0.852. The number of rotatable bonds is 5. The largest absolute Gasteiger partial charge is 0.307 e. The van der Waals surface area contributed by atoms with Crippen molar-refractivity contribution in [2.45, 2.75) is 6.54 Å². The number of hydrogen-bond donors (Lipinski definition) is 0. The molecular formula is C20H16N4O2S. The number of aromatic nitrogens is 3. The van der Waals surface area contributed by atoms with Gasteiger partial charge in [0, 0.05) is 23.8 Å². The number of pyridine rings is 1. The van der Waals surface area contributed by atoms with Crippen molar-refractivity contribution in [2.75, 3.05) is 11.4 Å². The molecule has 0 N–H and O–H groups in total. The number of nitrogens with zero attached hydrogens (tertiary/aromatic N) is 4. The number of hydrogen-bond acceptors (Lipinski definition) is 5. The van der Waals surface area contributed by atoms with Crippen molar-refractivity contribution in [3.05, 3.63) is 78.0 Å². The Morgan fingerprint density at radius 2 is 2.00 bits per heavy atom. The van der Waals surface area contributed by atoms with Gasteiger partial charge in [-0.2, -0.15) is 0 Å². The molecule has 3 aromatic heterocycles. The van der Waals surface area contributed by atoms with Gasteiger partial charge in [-0.15, -0.1) is 17.9 Å². The number of amides is 1. The summed E-state index contributed by atoms with van der Waals surface area (Å²) in [6.07, 6.45) is 4.78. The maximum Gasteiger partial charge on any atom is 0.271 e. The SMILES string of the molecule is C=CCN(C(=O)Cn1cnc2c(sc3ncccc32)c1=O)c1ccccc1. The zero-order valence-electron chi connectivity index (χ0n) is 14.4. The standard InChI is InChI=1S/C20H16N4O2S/c1-2-11-24(14-7-4-3-5-8-14)16(25)12-23-13-22-17-15-9-6-10-21-19(15)27-18(17)20(23)26/h2-10,13H,1,11-12H2. The first-order chi connectivity index (χ1) is 13.2.